The van der Waals surface area contributed by atoms with Crippen molar-refractivity contribution in [2.75, 3.05) is 6.54 Å². The van der Waals surface area contributed by atoms with Crippen LogP contribution in [0.15, 0.2) is 18.2 Å². The Hall–Kier alpha value is -0.930. The Morgan fingerprint density at radius 2 is 2.15 bits per heavy atom. The fourth-order valence-electron chi connectivity index (χ4n) is 3.64. The van der Waals surface area contributed by atoms with Gasteiger partial charge in [-0.15, -0.1) is 0 Å². The van der Waals surface area contributed by atoms with E-state index >= 15 is 0 Å². The summed E-state index contributed by atoms with van der Waals surface area (Å²) in [5, 5.41) is 0.606. The number of likely N-dealkylation sites (tertiary alicyclic amines) is 1. The van der Waals surface area contributed by atoms with E-state index < -0.39 is 0 Å². The maximum Gasteiger partial charge on any atom is 0.137 e. The molecule has 3 rings (SSSR count). The van der Waals surface area contributed by atoms with Gasteiger partial charge in [-0.25, -0.2) is 4.39 Å². The van der Waals surface area contributed by atoms with E-state index in [4.69, 9.17) is 11.6 Å². The van der Waals surface area contributed by atoms with Crippen LogP contribution in [-0.4, -0.2) is 23.3 Å². The van der Waals surface area contributed by atoms with Crippen LogP contribution in [0.2, 0.25) is 5.02 Å². The van der Waals surface area contributed by atoms with Gasteiger partial charge >= 0.3 is 0 Å². The molecule has 0 spiro atoms. The summed E-state index contributed by atoms with van der Waals surface area (Å²) in [6, 6.07) is 4.82. The van der Waals surface area contributed by atoms with Crippen molar-refractivity contribution in [2.45, 2.75) is 44.7 Å². The van der Waals surface area contributed by atoms with Crippen molar-refractivity contribution in [3.05, 3.63) is 34.6 Å². The number of hydrogen-bond acceptors (Lipinski definition) is 2. The van der Waals surface area contributed by atoms with E-state index in [2.05, 4.69) is 4.90 Å². The van der Waals surface area contributed by atoms with E-state index in [-0.39, 0.29) is 11.7 Å². The molecule has 2 fully saturated rings. The van der Waals surface area contributed by atoms with Crippen molar-refractivity contribution >= 4 is 17.4 Å². The van der Waals surface area contributed by atoms with E-state index in [1.54, 1.807) is 6.07 Å². The smallest absolute Gasteiger partial charge is 0.137 e. The molecular formula is C16H19ClFNO. The highest BCUT2D eigenvalue weighted by molar-refractivity contribution is 6.31. The third-order valence-corrected chi connectivity index (χ3v) is 4.98. The molecule has 2 aliphatic rings. The average molecular weight is 296 g/mol. The second-order valence-electron chi connectivity index (χ2n) is 5.88. The van der Waals surface area contributed by atoms with Gasteiger partial charge in [-0.2, -0.15) is 0 Å². The Morgan fingerprint density at radius 3 is 2.90 bits per heavy atom. The van der Waals surface area contributed by atoms with Crippen LogP contribution in [0.3, 0.4) is 0 Å². The Kier molecular flexibility index (Phi) is 4.08. The summed E-state index contributed by atoms with van der Waals surface area (Å²) < 4.78 is 13.3. The largest absolute Gasteiger partial charge is 0.299 e. The molecule has 0 N–H and O–H groups in total. The van der Waals surface area contributed by atoms with Crippen molar-refractivity contribution in [3.8, 4) is 0 Å². The number of Topliss-reactive ketones (excluding diaryl/α,β-unsaturated/α-hetero) is 1. The number of hydrogen-bond donors (Lipinski definition) is 0. The molecule has 1 aromatic carbocycles. The lowest BCUT2D eigenvalue weighted by Crippen LogP contribution is -2.37. The van der Waals surface area contributed by atoms with Gasteiger partial charge in [0.15, 0.2) is 0 Å². The second-order valence-corrected chi connectivity index (χ2v) is 6.29. The number of rotatable bonds is 3. The first-order chi connectivity index (χ1) is 9.65. The van der Waals surface area contributed by atoms with Crippen molar-refractivity contribution in [1.29, 1.82) is 0 Å². The standard InChI is InChI=1S/C16H19ClFNO/c17-14-7-6-12(18)9-11(14)10-19-8-2-4-15(19)13-3-1-5-16(13)20/h6-7,9,13,15H,1-5,8,10H2. The summed E-state index contributed by atoms with van der Waals surface area (Å²) in [5.74, 6) is 0.342. The quantitative estimate of drug-likeness (QED) is 0.845. The summed E-state index contributed by atoms with van der Waals surface area (Å²) >= 11 is 6.15. The SMILES string of the molecule is O=C1CCCC1C1CCCN1Cc1cc(F)ccc1Cl. The van der Waals surface area contributed by atoms with E-state index in [1.165, 1.54) is 12.1 Å². The molecule has 108 valence electrons. The molecule has 2 nitrogen and oxygen atoms in total. The van der Waals surface area contributed by atoms with Crippen LogP contribution in [0, 0.1) is 11.7 Å². The van der Waals surface area contributed by atoms with Gasteiger partial charge in [0.1, 0.15) is 11.6 Å². The summed E-state index contributed by atoms with van der Waals surface area (Å²) in [6.45, 7) is 1.62. The lowest BCUT2D eigenvalue weighted by molar-refractivity contribution is -0.122. The molecule has 0 radical (unpaired) electrons. The van der Waals surface area contributed by atoms with Crippen molar-refractivity contribution in [1.82, 2.24) is 4.90 Å². The maximum absolute atomic E-state index is 13.3. The first-order valence-electron chi connectivity index (χ1n) is 7.36. The van der Waals surface area contributed by atoms with Crippen LogP contribution in [-0.2, 0) is 11.3 Å². The van der Waals surface area contributed by atoms with Gasteiger partial charge in [-0.05, 0) is 56.0 Å². The van der Waals surface area contributed by atoms with E-state index in [0.29, 0.717) is 23.4 Å². The van der Waals surface area contributed by atoms with Gasteiger partial charge in [0.05, 0.1) is 0 Å². The lowest BCUT2D eigenvalue weighted by atomic mass is 9.95. The highest BCUT2D eigenvalue weighted by atomic mass is 35.5. The maximum atomic E-state index is 13.3. The van der Waals surface area contributed by atoms with Gasteiger partial charge in [0, 0.05) is 29.9 Å². The Bertz CT molecular complexity index is 519. The third-order valence-electron chi connectivity index (χ3n) is 4.61. The highest BCUT2D eigenvalue weighted by Gasteiger charge is 2.38. The molecule has 2 atom stereocenters. The van der Waals surface area contributed by atoms with Crippen LogP contribution in [0.5, 0.6) is 0 Å². The zero-order valence-electron chi connectivity index (χ0n) is 11.4. The molecule has 1 saturated carbocycles. The molecule has 1 heterocycles. The minimum atomic E-state index is -0.253. The molecule has 0 amide bonds. The predicted molar refractivity (Wildman–Crippen MR) is 77.2 cm³/mol. The second kappa shape index (κ2) is 5.82. The molecule has 4 heteroatoms. The molecule has 0 bridgehead atoms. The third kappa shape index (κ3) is 2.75. The molecule has 1 saturated heterocycles. The van der Waals surface area contributed by atoms with Gasteiger partial charge < -0.3 is 0 Å². The Morgan fingerprint density at radius 1 is 1.30 bits per heavy atom. The molecular weight excluding hydrogens is 277 g/mol. The molecule has 20 heavy (non-hydrogen) atoms. The van der Waals surface area contributed by atoms with Crippen molar-refractivity contribution < 1.29 is 9.18 Å². The first-order valence-corrected chi connectivity index (χ1v) is 7.73. The fraction of sp³-hybridized carbons (Fsp3) is 0.562. The zero-order valence-corrected chi connectivity index (χ0v) is 12.2. The van der Waals surface area contributed by atoms with Crippen LogP contribution in [0.25, 0.3) is 0 Å². The minimum Gasteiger partial charge on any atom is -0.299 e. The normalized spacial score (nSPS) is 27.4. The zero-order chi connectivity index (χ0) is 14.1. The van der Waals surface area contributed by atoms with Crippen molar-refractivity contribution in [2.24, 2.45) is 5.92 Å². The van der Waals surface area contributed by atoms with Gasteiger partial charge in [-0.3, -0.25) is 9.69 Å². The van der Waals surface area contributed by atoms with E-state index in [1.807, 2.05) is 0 Å². The average Bonchev–Trinajstić information content (AvgIpc) is 3.02. The molecule has 0 aromatic heterocycles. The van der Waals surface area contributed by atoms with Crippen LogP contribution >= 0.6 is 11.6 Å². The van der Waals surface area contributed by atoms with Crippen LogP contribution < -0.4 is 0 Å². The highest BCUT2D eigenvalue weighted by Crippen LogP contribution is 2.34. The monoisotopic (exact) mass is 295 g/mol. The summed E-state index contributed by atoms with van der Waals surface area (Å²) in [7, 11) is 0. The van der Waals surface area contributed by atoms with Crippen molar-refractivity contribution in [3.63, 3.8) is 0 Å². The Labute approximate surface area is 123 Å². The number of carbonyl (C=O) groups excluding carboxylic acids is 1. The molecule has 1 aliphatic heterocycles. The molecule has 1 aromatic rings. The minimum absolute atomic E-state index is 0.185. The fourth-order valence-corrected chi connectivity index (χ4v) is 3.81. The predicted octanol–water partition coefficient (Wildman–Crippen LogP) is 3.81. The lowest BCUT2D eigenvalue weighted by Gasteiger charge is -2.28. The number of halogens is 2. The summed E-state index contributed by atoms with van der Waals surface area (Å²) in [4.78, 5) is 14.3. The van der Waals surface area contributed by atoms with Gasteiger partial charge in [0.2, 0.25) is 0 Å². The number of benzene rings is 1. The van der Waals surface area contributed by atoms with Gasteiger partial charge in [0.25, 0.3) is 0 Å². The van der Waals surface area contributed by atoms with Gasteiger partial charge in [-0.1, -0.05) is 11.6 Å². The van der Waals surface area contributed by atoms with Crippen LogP contribution in [0.4, 0.5) is 4.39 Å². The number of ketones is 1. The summed E-state index contributed by atoms with van der Waals surface area (Å²) in [6.07, 6.45) is 4.95. The number of carbonyl (C=O) groups is 1. The Balaban J connectivity index is 1.75. The first kappa shape index (κ1) is 14.0. The molecule has 2 unspecified atom stereocenters. The molecule has 1 aliphatic carbocycles. The van der Waals surface area contributed by atoms with E-state index in [9.17, 15) is 9.18 Å². The summed E-state index contributed by atoms with van der Waals surface area (Å²) in [5.41, 5.74) is 0.823. The van der Waals surface area contributed by atoms with E-state index in [0.717, 1.165) is 44.2 Å². The number of nitrogens with zero attached hydrogens (tertiary/aromatic N) is 1. The van der Waals surface area contributed by atoms with Crippen LogP contribution in [0.1, 0.15) is 37.7 Å². The topological polar surface area (TPSA) is 20.3 Å².